The van der Waals surface area contributed by atoms with E-state index in [2.05, 4.69) is 181 Å². The highest BCUT2D eigenvalue weighted by atomic mass is 32.3. The van der Waals surface area contributed by atoms with E-state index in [0.717, 1.165) is 65.6 Å². The maximum atomic E-state index is 10.4. The molecule has 0 aliphatic carbocycles. The van der Waals surface area contributed by atoms with Gasteiger partial charge in [-0.05, 0) is 80.2 Å². The standard InChI is InChI=1S/C4H9NO2.C4H9NOS.C4H6O4.C4H6O3.C3H9NO3S.C3H9NO2S.C3H7NO2.C3H7NOS.C3H6O3.2C3H6O2S.C3H6O2.C3H6OS2.C3H6OS.C2H7NO3S.C2H7NO2S.C2H6O4S.C2H6O3S/c1-5(2)4(6)7-3;1-5(2)4(7)6-3;1-7-3(5)4(6)8-2;1-3(5)4(6)7-2;1-4(2)8(5,6)7-3;1-4(2)7(5)6-3;1-4-3(5)6-2;1-4-3(6)5-2;2*1-5-3(4)6-2;1-4-3(6)5-2;1-3(4)5-2;1-4-3(5)6-2;1-3(5)4-2;1-3-7(4,5)6-2;1-3-6(4)5-2;1-5-7(3,4)6-2;1-4-6(3)5-2/h2*1-3H3;1-2H3;1-2H3;1-3H3;1-3H3;1-2H3,(H,4,5);1-2H3,(H,4,6);3*1-2H3;1-2H3;1-2H3;1-2H3;3H,1-2H3;3H,1-2H3;1-2H3;1-2H3. The molecule has 0 saturated heterocycles. The normalized spacial score (nSPS) is 9.20. The molecule has 0 rings (SSSR count). The van der Waals surface area contributed by atoms with Crippen molar-refractivity contribution in [1.29, 1.82) is 0 Å². The summed E-state index contributed by atoms with van der Waals surface area (Å²) in [5, 5.41) is 6.34. The number of rotatable bonds is 13. The minimum Gasteiger partial charge on any atom is -0.491 e. The Labute approximate surface area is 728 Å². The molecular formula is C54H124N8O41S13. The summed E-state index contributed by atoms with van der Waals surface area (Å²) in [7, 11) is 38.7. The Morgan fingerprint density at radius 3 is 0.793 bits per heavy atom. The number of alkyl carbamates (subject to hydrolysis) is 1. The second-order valence-corrected chi connectivity index (χ2v) is 28.2. The average molecular weight is 1960 g/mol. The van der Waals surface area contributed by atoms with Gasteiger partial charge in [-0.2, -0.15) is 38.5 Å². The molecule has 704 valence electrons. The van der Waals surface area contributed by atoms with E-state index < -0.39 is 101 Å². The number of ketones is 1. The number of esters is 4. The number of nitrogens with one attached hydrogen (secondary N) is 4. The van der Waals surface area contributed by atoms with E-state index >= 15 is 0 Å². The smallest absolute Gasteiger partial charge is 0.491 e. The summed E-state index contributed by atoms with van der Waals surface area (Å²) in [5.74, 6) is -3.56. The summed E-state index contributed by atoms with van der Waals surface area (Å²) in [6.45, 7) is 4.25. The molecule has 0 aromatic carbocycles. The number of ether oxygens (including phenoxy) is 15. The molecule has 0 aliphatic heterocycles. The van der Waals surface area contributed by atoms with Gasteiger partial charge in [0.25, 0.3) is 10.3 Å². The summed E-state index contributed by atoms with van der Waals surface area (Å²) in [6.07, 6.45) is 2.17. The van der Waals surface area contributed by atoms with Crippen molar-refractivity contribution in [1.82, 2.24) is 38.5 Å². The SMILES string of the molecule is CNC(=O)OC.CNC(=S)OC.CNS(=O)(=O)OC.CNS(=O)OC.COC(=O)C(=O)OC.COC(=O)C(C)=O.COC(=O)N(C)C.COC(=O)OC.COC(=O)SC.COC(=S)N(C)C.COC(=S)OC.COC(=S)SC.COC(C)=O.COC(C)=S.COS(=O)(=O)N(C)C.COS(=O)(=O)OC.COS(=O)N(C)C.COS(=O)OC. The van der Waals surface area contributed by atoms with Crippen LogP contribution in [-0.2, 0) is 193 Å². The lowest BCUT2D eigenvalue weighted by Crippen LogP contribution is -2.22. The highest BCUT2D eigenvalue weighted by Crippen LogP contribution is 1.96. The predicted molar refractivity (Wildman–Crippen MR) is 457 cm³/mol. The van der Waals surface area contributed by atoms with Crippen LogP contribution in [-0.4, -0.2) is 395 Å². The molecule has 0 heterocycles. The maximum Gasteiger partial charge on any atom is 0.507 e. The summed E-state index contributed by atoms with van der Waals surface area (Å²) in [5.41, 5.74) is 0. The second-order valence-electron chi connectivity index (χ2n) is 15.6. The van der Waals surface area contributed by atoms with Gasteiger partial charge in [-0.1, -0.05) is 11.8 Å². The number of carbonyl (C=O) groups is 9. The Kier molecular flexibility index (Phi) is 157. The van der Waals surface area contributed by atoms with E-state index in [0.29, 0.717) is 19.8 Å². The van der Waals surface area contributed by atoms with Gasteiger partial charge in [0.2, 0.25) is 32.7 Å². The molecule has 2 atom stereocenters. The number of nitrogens with zero attached hydrogens (tertiary/aromatic N) is 4. The monoisotopic (exact) mass is 1960 g/mol. The molecule has 0 radical (unpaired) electrons. The molecule has 0 saturated carbocycles. The number of hydrogen-bond acceptors (Lipinski definition) is 48. The van der Waals surface area contributed by atoms with Crippen molar-refractivity contribution in [2.75, 3.05) is 261 Å². The highest BCUT2D eigenvalue weighted by molar-refractivity contribution is 8.22. The summed E-state index contributed by atoms with van der Waals surface area (Å²) in [6, 6.07) is 0. The quantitative estimate of drug-likeness (QED) is 0.0881. The van der Waals surface area contributed by atoms with Crippen molar-refractivity contribution in [2.45, 2.75) is 20.8 Å². The molecule has 4 N–H and O–H groups in total. The molecule has 49 nitrogen and oxygen atoms in total. The van der Waals surface area contributed by atoms with E-state index in [1.807, 2.05) is 25.1 Å². The minimum absolute atomic E-state index is 0.176. The van der Waals surface area contributed by atoms with Gasteiger partial charge < -0.3 is 91.5 Å². The van der Waals surface area contributed by atoms with Gasteiger partial charge in [-0.25, -0.2) is 51.0 Å². The Morgan fingerprint density at radius 1 is 0.405 bits per heavy atom. The first-order chi connectivity index (χ1) is 53.2. The van der Waals surface area contributed by atoms with Crippen LogP contribution in [0.15, 0.2) is 0 Å². The lowest BCUT2D eigenvalue weighted by atomic mass is 10.5. The fourth-order valence-corrected chi connectivity index (χ4v) is 3.35. The molecule has 0 aromatic heterocycles. The first-order valence-corrected chi connectivity index (χ1v) is 40.4. The lowest BCUT2D eigenvalue weighted by Gasteiger charge is -2.09. The Bertz CT molecular complexity index is 2510. The number of thiocarbonyl (C=S) groups is 5. The number of methoxy groups -OCH3 is 15. The van der Waals surface area contributed by atoms with Crippen molar-refractivity contribution in [3.8, 4) is 0 Å². The molecule has 0 spiro atoms. The van der Waals surface area contributed by atoms with Gasteiger partial charge in [0.1, 0.15) is 0 Å². The van der Waals surface area contributed by atoms with Crippen LogP contribution in [0, 0.1) is 0 Å². The number of thioether (sulfide) groups is 2. The molecule has 0 fully saturated rings. The zero-order chi connectivity index (χ0) is 97.1. The van der Waals surface area contributed by atoms with Crippen molar-refractivity contribution in [2.24, 2.45) is 0 Å². The van der Waals surface area contributed by atoms with Crippen LogP contribution in [0.3, 0.4) is 0 Å². The zero-order valence-corrected chi connectivity index (χ0v) is 83.4. The largest absolute Gasteiger partial charge is 0.507 e. The second kappa shape index (κ2) is 118. The van der Waals surface area contributed by atoms with Crippen molar-refractivity contribution in [3.63, 3.8) is 0 Å². The van der Waals surface area contributed by atoms with Gasteiger partial charge in [0.05, 0.1) is 164 Å². The number of amides is 2. The van der Waals surface area contributed by atoms with Gasteiger partial charge in [-0.3, -0.25) is 43.1 Å². The Morgan fingerprint density at radius 2 is 0.784 bits per heavy atom. The van der Waals surface area contributed by atoms with Gasteiger partial charge in [-0.15, -0.1) is 0 Å². The molecule has 116 heavy (non-hydrogen) atoms. The Balaban J connectivity index is -0.0000000549. The maximum absolute atomic E-state index is 10.4. The van der Waals surface area contributed by atoms with Crippen LogP contribution >= 0.6 is 84.6 Å². The molecular weight excluding hydrogens is 1830 g/mol. The van der Waals surface area contributed by atoms with Gasteiger partial charge in [0, 0.05) is 111 Å². The lowest BCUT2D eigenvalue weighted by molar-refractivity contribution is -0.164. The highest BCUT2D eigenvalue weighted by Gasteiger charge is 2.12. The average Bonchev–Trinajstić information content (AvgIpc) is 0.921. The number of hydrogen-bond donors (Lipinski definition) is 4. The summed E-state index contributed by atoms with van der Waals surface area (Å²) >= 11 is 21.1. The third kappa shape index (κ3) is 180. The van der Waals surface area contributed by atoms with Crippen LogP contribution in [0.25, 0.3) is 0 Å². The van der Waals surface area contributed by atoms with Crippen molar-refractivity contribution < 1.29 is 186 Å². The van der Waals surface area contributed by atoms with Crippen LogP contribution < -0.4 is 20.1 Å². The fourth-order valence-electron chi connectivity index (χ4n) is 1.81. The molecule has 62 heteroatoms. The van der Waals surface area contributed by atoms with E-state index in [-0.39, 0.29) is 22.6 Å². The van der Waals surface area contributed by atoms with E-state index in [1.54, 1.807) is 81.7 Å². The van der Waals surface area contributed by atoms with Crippen LogP contribution in [0.2, 0.25) is 0 Å². The third-order valence-corrected chi connectivity index (χ3v) is 15.5. The van der Waals surface area contributed by atoms with E-state index in [4.69, 9.17) is 0 Å². The summed E-state index contributed by atoms with van der Waals surface area (Å²) in [4.78, 5) is 92.3. The van der Waals surface area contributed by atoms with Crippen molar-refractivity contribution >= 4 is 228 Å². The predicted octanol–water partition coefficient (Wildman–Crippen LogP) is 1.63. The fraction of sp³-hybridized carbons (Fsp3) is 0.741. The molecule has 0 bridgehead atoms. The molecule has 0 aromatic rings. The van der Waals surface area contributed by atoms with E-state index in [1.165, 1.54) is 156 Å². The van der Waals surface area contributed by atoms with Crippen LogP contribution in [0.5, 0.6) is 0 Å². The van der Waals surface area contributed by atoms with Gasteiger partial charge >= 0.3 is 95.1 Å². The van der Waals surface area contributed by atoms with Crippen LogP contribution in [0.1, 0.15) is 20.8 Å². The number of Topliss-reactive ketones (excluding diaryl/α,β-unsaturated/α-hetero) is 1. The third-order valence-electron chi connectivity index (χ3n) is 7.34. The zero-order valence-electron chi connectivity index (χ0n) is 72.8. The van der Waals surface area contributed by atoms with Crippen LogP contribution in [0.4, 0.5) is 19.2 Å². The first-order valence-electron chi connectivity index (χ1n) is 28.7. The topological polar surface area (TPSA) is 581 Å². The molecule has 0 aliphatic rings. The Hall–Kier alpha value is -5.80. The van der Waals surface area contributed by atoms with Gasteiger partial charge in [0.15, 0.2) is 5.05 Å². The summed E-state index contributed by atoms with van der Waals surface area (Å²) < 4.78 is 195. The minimum atomic E-state index is -3.66. The first kappa shape index (κ1) is 155. The van der Waals surface area contributed by atoms with E-state index in [9.17, 15) is 81.0 Å². The molecule has 2 amide bonds. The molecule has 2 unspecified atom stereocenters. The van der Waals surface area contributed by atoms with Crippen molar-refractivity contribution in [3.05, 3.63) is 0 Å². The number of carbonyl (C=O) groups excluding carboxylic acids is 9.